The lowest BCUT2D eigenvalue weighted by molar-refractivity contribution is 1.13. The summed E-state index contributed by atoms with van der Waals surface area (Å²) in [5.74, 6) is 0. The third-order valence-electron chi connectivity index (χ3n) is 13.9. The second-order valence-corrected chi connectivity index (χ2v) is 18.8. The average Bonchev–Trinajstić information content (AvgIpc) is 3.89. The van der Waals surface area contributed by atoms with Gasteiger partial charge in [-0.2, -0.15) is 10.5 Å². The molecule has 0 aliphatic carbocycles. The summed E-state index contributed by atoms with van der Waals surface area (Å²) in [5, 5.41) is 25.9. The van der Waals surface area contributed by atoms with Crippen LogP contribution in [0.2, 0.25) is 0 Å². The first kappa shape index (κ1) is 42.2. The lowest BCUT2D eigenvalue weighted by atomic mass is 9.96. The molecule has 2 heterocycles. The van der Waals surface area contributed by atoms with Crippen LogP contribution in [0.25, 0.3) is 111 Å². The van der Waals surface area contributed by atoms with Crippen molar-refractivity contribution in [1.82, 2.24) is 9.13 Å². The Labute approximate surface area is 407 Å². The van der Waals surface area contributed by atoms with Crippen LogP contribution >= 0.6 is 0 Å². The summed E-state index contributed by atoms with van der Waals surface area (Å²) in [4.78, 5) is 0. The number of aryl methyl sites for hydroxylation is 4. The van der Waals surface area contributed by atoms with Crippen molar-refractivity contribution in [2.45, 2.75) is 27.7 Å². The van der Waals surface area contributed by atoms with Gasteiger partial charge in [-0.1, -0.05) is 156 Å². The summed E-state index contributed by atoms with van der Waals surface area (Å²) < 4.78 is 4.67. The van der Waals surface area contributed by atoms with E-state index < -0.39 is 0 Å². The van der Waals surface area contributed by atoms with E-state index in [2.05, 4.69) is 225 Å². The number of hydrogen-bond donors (Lipinski definition) is 0. The van der Waals surface area contributed by atoms with Crippen molar-refractivity contribution >= 4 is 43.6 Å². The van der Waals surface area contributed by atoms with Crippen molar-refractivity contribution in [3.63, 3.8) is 0 Å². The fraction of sp³-hybridized carbons (Fsp3) is 0.0606. The monoisotopic (exact) mass is 894 g/mol. The third kappa shape index (κ3) is 7.23. The van der Waals surface area contributed by atoms with Gasteiger partial charge in [-0.05, 0) is 151 Å². The zero-order chi connectivity index (χ0) is 47.6. The summed E-state index contributed by atoms with van der Waals surface area (Å²) in [6.07, 6.45) is 0. The molecule has 0 aliphatic heterocycles. The van der Waals surface area contributed by atoms with Crippen LogP contribution in [0.5, 0.6) is 0 Å². The van der Waals surface area contributed by atoms with E-state index in [-0.39, 0.29) is 0 Å². The SMILES string of the molecule is Cc1cccc(-c2ccc3c(c2)c2cc(-c4cccc(C)c4)ccc2n3-c2cc(C#N)cc(-n3c4ccc(-c5cccc(C)c5)cc4c4cc(-c5cccc(C)c5)ccc43)c2-c2cccc(C#N)c2)c1. The minimum Gasteiger partial charge on any atom is -0.308 e. The van der Waals surface area contributed by atoms with E-state index in [1.807, 2.05) is 30.3 Å². The molecule has 12 aromatic rings. The second kappa shape index (κ2) is 16.8. The number of benzene rings is 10. The third-order valence-corrected chi connectivity index (χ3v) is 13.9. The van der Waals surface area contributed by atoms with Crippen LogP contribution in [-0.4, -0.2) is 9.13 Å². The molecule has 0 bridgehead atoms. The van der Waals surface area contributed by atoms with Gasteiger partial charge in [0, 0.05) is 27.1 Å². The van der Waals surface area contributed by atoms with Crippen molar-refractivity contribution in [3.8, 4) is 79.1 Å². The molecule has 0 saturated carbocycles. The molecule has 10 aromatic carbocycles. The summed E-state index contributed by atoms with van der Waals surface area (Å²) in [6, 6.07) is 78.6. The maximum Gasteiger partial charge on any atom is 0.0993 e. The molecule has 4 nitrogen and oxygen atoms in total. The Bertz CT molecular complexity index is 3760. The molecular weight excluding hydrogens is 849 g/mol. The molecule has 2 aromatic heterocycles. The Kier molecular flexibility index (Phi) is 10.1. The molecule has 70 heavy (non-hydrogen) atoms. The average molecular weight is 895 g/mol. The van der Waals surface area contributed by atoms with Crippen LogP contribution in [0.3, 0.4) is 0 Å². The van der Waals surface area contributed by atoms with Crippen molar-refractivity contribution < 1.29 is 0 Å². The predicted octanol–water partition coefficient (Wildman–Crippen LogP) is 17.2. The molecule has 0 aliphatic rings. The standard InChI is InChI=1S/C66H46N4/c1-41-10-5-15-47(28-41)51-20-24-60-56(35-51)57-36-52(48-16-6-11-42(2)29-48)21-25-61(57)69(60)64-33-46(40-68)34-65(66(64)55-19-9-14-45(32-55)39-67)70-62-26-22-53(49-17-7-12-43(3)30-49)37-58(62)59-38-54(23-27-63(59)70)50-18-8-13-44(4)31-50/h5-38H,1-4H3. The van der Waals surface area contributed by atoms with Gasteiger partial charge in [-0.15, -0.1) is 0 Å². The summed E-state index contributed by atoms with van der Waals surface area (Å²) in [5.41, 5.74) is 22.6. The first-order valence-electron chi connectivity index (χ1n) is 23.8. The van der Waals surface area contributed by atoms with E-state index in [0.29, 0.717) is 11.1 Å². The smallest absolute Gasteiger partial charge is 0.0993 e. The summed E-state index contributed by atoms with van der Waals surface area (Å²) in [6.45, 7) is 8.53. The molecule has 4 heteroatoms. The molecule has 0 atom stereocenters. The highest BCUT2D eigenvalue weighted by Crippen LogP contribution is 2.45. The van der Waals surface area contributed by atoms with Crippen molar-refractivity contribution in [2.24, 2.45) is 0 Å². The molecule has 0 N–H and O–H groups in total. The van der Waals surface area contributed by atoms with Gasteiger partial charge in [-0.25, -0.2) is 0 Å². The number of aromatic nitrogens is 2. The number of nitrogens with zero attached hydrogens (tertiary/aromatic N) is 4. The predicted molar refractivity (Wildman–Crippen MR) is 291 cm³/mol. The summed E-state index contributed by atoms with van der Waals surface area (Å²) in [7, 11) is 0. The highest BCUT2D eigenvalue weighted by Gasteiger charge is 2.25. The van der Waals surface area contributed by atoms with Crippen molar-refractivity contribution in [3.05, 3.63) is 240 Å². The Balaban J connectivity index is 1.20. The van der Waals surface area contributed by atoms with Crippen molar-refractivity contribution in [2.75, 3.05) is 0 Å². The normalized spacial score (nSPS) is 11.4. The Morgan fingerprint density at radius 1 is 0.286 bits per heavy atom. The number of fused-ring (bicyclic) bond motifs is 6. The van der Waals surface area contributed by atoms with Gasteiger partial charge < -0.3 is 9.13 Å². The largest absolute Gasteiger partial charge is 0.308 e. The molecule has 0 saturated heterocycles. The molecule has 0 unspecified atom stereocenters. The maximum absolute atomic E-state index is 11.1. The van der Waals surface area contributed by atoms with Gasteiger partial charge in [0.05, 0.1) is 56.7 Å². The van der Waals surface area contributed by atoms with E-state index in [4.69, 9.17) is 0 Å². The molecular formula is C66H46N4. The minimum atomic E-state index is 0.524. The molecule has 330 valence electrons. The highest BCUT2D eigenvalue weighted by atomic mass is 15.0. The summed E-state index contributed by atoms with van der Waals surface area (Å²) >= 11 is 0. The van der Waals surface area contributed by atoms with E-state index >= 15 is 0 Å². The minimum absolute atomic E-state index is 0.524. The topological polar surface area (TPSA) is 57.4 Å². The fourth-order valence-corrected chi connectivity index (χ4v) is 10.7. The van der Waals surface area contributed by atoms with Gasteiger partial charge in [0.25, 0.3) is 0 Å². The first-order chi connectivity index (χ1) is 34.2. The Morgan fingerprint density at radius 2 is 0.586 bits per heavy atom. The van der Waals surface area contributed by atoms with E-state index in [1.165, 1.54) is 22.3 Å². The van der Waals surface area contributed by atoms with Gasteiger partial charge in [0.15, 0.2) is 0 Å². The van der Waals surface area contributed by atoms with Crippen LogP contribution < -0.4 is 0 Å². The quantitative estimate of drug-likeness (QED) is 0.160. The van der Waals surface area contributed by atoms with Crippen LogP contribution in [0, 0.1) is 50.4 Å². The zero-order valence-corrected chi connectivity index (χ0v) is 39.4. The van der Waals surface area contributed by atoms with Gasteiger partial charge in [0.2, 0.25) is 0 Å². The van der Waals surface area contributed by atoms with Gasteiger partial charge in [0.1, 0.15) is 0 Å². The highest BCUT2D eigenvalue weighted by molar-refractivity contribution is 6.14. The zero-order valence-electron chi connectivity index (χ0n) is 39.4. The van der Waals surface area contributed by atoms with Crippen LogP contribution in [0.1, 0.15) is 33.4 Å². The van der Waals surface area contributed by atoms with Crippen LogP contribution in [0.4, 0.5) is 0 Å². The Hall–Kier alpha value is -9.22. The van der Waals surface area contributed by atoms with Crippen molar-refractivity contribution in [1.29, 1.82) is 10.5 Å². The maximum atomic E-state index is 11.1. The molecule has 0 radical (unpaired) electrons. The van der Waals surface area contributed by atoms with E-state index in [1.54, 1.807) is 0 Å². The molecule has 0 spiro atoms. The Morgan fingerprint density at radius 3 is 0.900 bits per heavy atom. The number of rotatable bonds is 7. The van der Waals surface area contributed by atoms with E-state index in [9.17, 15) is 10.5 Å². The van der Waals surface area contributed by atoms with Gasteiger partial charge >= 0.3 is 0 Å². The van der Waals surface area contributed by atoms with Crippen LogP contribution in [-0.2, 0) is 0 Å². The molecule has 0 amide bonds. The lowest BCUT2D eigenvalue weighted by Crippen LogP contribution is -2.05. The lowest BCUT2D eigenvalue weighted by Gasteiger charge is -2.21. The number of nitriles is 2. The van der Waals surface area contributed by atoms with Gasteiger partial charge in [-0.3, -0.25) is 0 Å². The van der Waals surface area contributed by atoms with Crippen LogP contribution in [0.15, 0.2) is 206 Å². The molecule has 12 rings (SSSR count). The van der Waals surface area contributed by atoms with E-state index in [0.717, 1.165) is 111 Å². The first-order valence-corrected chi connectivity index (χ1v) is 23.8. The second-order valence-electron chi connectivity index (χ2n) is 18.8. The fourth-order valence-electron chi connectivity index (χ4n) is 10.7. The molecule has 0 fully saturated rings. The number of hydrogen-bond acceptors (Lipinski definition) is 2.